The maximum absolute atomic E-state index is 11.0. The fourth-order valence-electron chi connectivity index (χ4n) is 2.65. The Morgan fingerprint density at radius 3 is 2.73 bits per heavy atom. The molecule has 3 rings (SSSR count). The van der Waals surface area contributed by atoms with Crippen LogP contribution in [0, 0.1) is 0 Å². The van der Waals surface area contributed by atoms with Crippen LogP contribution in [0.5, 0.6) is 0 Å². The van der Waals surface area contributed by atoms with Crippen LogP contribution in [0.4, 0.5) is 0 Å². The Morgan fingerprint density at radius 2 is 1.95 bits per heavy atom. The lowest BCUT2D eigenvalue weighted by atomic mass is 10.1. The number of hydrogen-bond donors (Lipinski definition) is 1. The van der Waals surface area contributed by atoms with Gasteiger partial charge in [0, 0.05) is 6.54 Å². The molecule has 2 aromatic rings. The van der Waals surface area contributed by atoms with Crippen molar-refractivity contribution in [1.82, 2.24) is 24.9 Å². The predicted octanol–water partition coefficient (Wildman–Crippen LogP) is 1.52. The normalized spacial score (nSPS) is 15.8. The van der Waals surface area contributed by atoms with Crippen LogP contribution in [0.2, 0.25) is 0 Å². The first-order valence-corrected chi connectivity index (χ1v) is 7.55. The monoisotopic (exact) mass is 301 g/mol. The lowest BCUT2D eigenvalue weighted by molar-refractivity contribution is 0.0690. The highest BCUT2D eigenvalue weighted by Gasteiger charge is 2.12. The van der Waals surface area contributed by atoms with Crippen molar-refractivity contribution in [3.63, 3.8) is 0 Å². The number of carboxylic acid groups (broad SMARTS) is 1. The summed E-state index contributed by atoms with van der Waals surface area (Å²) in [4.78, 5) is 17.5. The van der Waals surface area contributed by atoms with E-state index >= 15 is 0 Å². The van der Waals surface area contributed by atoms with Gasteiger partial charge in [-0.25, -0.2) is 9.78 Å². The Hall–Kier alpha value is -2.28. The van der Waals surface area contributed by atoms with Crippen LogP contribution in [0.1, 0.15) is 29.8 Å². The summed E-state index contributed by atoms with van der Waals surface area (Å²) in [5.74, 6) is -1.04. The van der Waals surface area contributed by atoms with E-state index in [1.54, 1.807) is 16.8 Å². The molecule has 7 nitrogen and oxygen atoms in total. The molecule has 1 saturated heterocycles. The molecule has 2 aromatic heterocycles. The highest BCUT2D eigenvalue weighted by atomic mass is 16.4. The quantitative estimate of drug-likeness (QED) is 0.901. The number of pyridine rings is 1. The van der Waals surface area contributed by atoms with E-state index in [1.165, 1.54) is 25.3 Å². The van der Waals surface area contributed by atoms with Crippen molar-refractivity contribution in [2.45, 2.75) is 25.8 Å². The Balaban J connectivity index is 1.65. The molecule has 0 radical (unpaired) electrons. The summed E-state index contributed by atoms with van der Waals surface area (Å²) < 4.78 is 1.79. The van der Waals surface area contributed by atoms with Gasteiger partial charge < -0.3 is 10.0 Å². The maximum Gasteiger partial charge on any atom is 0.354 e. The first-order valence-electron chi connectivity index (χ1n) is 7.55. The zero-order chi connectivity index (χ0) is 15.4. The Bertz CT molecular complexity index is 649. The fraction of sp³-hybridized carbons (Fsp3) is 0.467. The summed E-state index contributed by atoms with van der Waals surface area (Å²) in [5, 5.41) is 17.2. The summed E-state index contributed by atoms with van der Waals surface area (Å²) in [7, 11) is 0. The summed E-state index contributed by atoms with van der Waals surface area (Å²) in [6.07, 6.45) is 5.69. The second-order valence-corrected chi connectivity index (χ2v) is 5.48. The lowest BCUT2D eigenvalue weighted by Gasteiger charge is -2.25. The molecule has 116 valence electrons. The number of aromatic nitrogens is 4. The van der Waals surface area contributed by atoms with E-state index in [9.17, 15) is 4.79 Å². The smallest absolute Gasteiger partial charge is 0.354 e. The second-order valence-electron chi connectivity index (χ2n) is 5.48. The molecule has 0 aliphatic carbocycles. The molecule has 7 heteroatoms. The van der Waals surface area contributed by atoms with Crippen molar-refractivity contribution in [3.8, 4) is 11.4 Å². The fourth-order valence-corrected chi connectivity index (χ4v) is 2.65. The van der Waals surface area contributed by atoms with Gasteiger partial charge in [0.15, 0.2) is 0 Å². The van der Waals surface area contributed by atoms with Crippen LogP contribution in [0.3, 0.4) is 0 Å². The van der Waals surface area contributed by atoms with Gasteiger partial charge in [0.05, 0.1) is 18.4 Å². The molecule has 1 fully saturated rings. The molecule has 1 aliphatic rings. The predicted molar refractivity (Wildman–Crippen MR) is 80.5 cm³/mol. The number of rotatable bonds is 5. The minimum Gasteiger partial charge on any atom is -0.477 e. The van der Waals surface area contributed by atoms with Crippen molar-refractivity contribution in [1.29, 1.82) is 0 Å². The highest BCUT2D eigenvalue weighted by Crippen LogP contribution is 2.14. The Labute approximate surface area is 128 Å². The van der Waals surface area contributed by atoms with Gasteiger partial charge in [-0.2, -0.15) is 0 Å². The lowest BCUT2D eigenvalue weighted by Crippen LogP contribution is -2.32. The zero-order valence-electron chi connectivity index (χ0n) is 12.4. The van der Waals surface area contributed by atoms with Crippen LogP contribution in [-0.4, -0.2) is 55.6 Å². The molecule has 22 heavy (non-hydrogen) atoms. The van der Waals surface area contributed by atoms with Gasteiger partial charge in [0.25, 0.3) is 0 Å². The van der Waals surface area contributed by atoms with E-state index in [4.69, 9.17) is 5.11 Å². The minimum absolute atomic E-state index is 0.0142. The van der Waals surface area contributed by atoms with Gasteiger partial charge in [-0.05, 0) is 38.1 Å². The van der Waals surface area contributed by atoms with Crippen LogP contribution >= 0.6 is 0 Å². The number of hydrogen-bond acceptors (Lipinski definition) is 5. The third-order valence-corrected chi connectivity index (χ3v) is 3.86. The maximum atomic E-state index is 11.0. The standard InChI is InChI=1S/C15H19N5O2/c21-15(22)13-6-4-5-12(16-13)14-11-20(18-17-14)10-9-19-7-2-1-3-8-19/h4-6,11H,1-3,7-10H2,(H,21,22). The summed E-state index contributed by atoms with van der Waals surface area (Å²) in [6.45, 7) is 4.06. The molecule has 0 unspecified atom stereocenters. The molecule has 1 aliphatic heterocycles. The van der Waals surface area contributed by atoms with Crippen molar-refractivity contribution in [2.75, 3.05) is 19.6 Å². The largest absolute Gasteiger partial charge is 0.477 e. The van der Waals surface area contributed by atoms with Gasteiger partial charge >= 0.3 is 5.97 Å². The van der Waals surface area contributed by atoms with Crippen LogP contribution in [0.25, 0.3) is 11.4 Å². The average molecular weight is 301 g/mol. The molecule has 1 N–H and O–H groups in total. The molecule has 0 amide bonds. The second kappa shape index (κ2) is 6.65. The topological polar surface area (TPSA) is 84.1 Å². The summed E-state index contributed by atoms with van der Waals surface area (Å²) in [6, 6.07) is 4.87. The van der Waals surface area contributed by atoms with Crippen molar-refractivity contribution >= 4 is 5.97 Å². The SMILES string of the molecule is O=C(O)c1cccc(-c2cn(CCN3CCCCC3)nn2)n1. The van der Waals surface area contributed by atoms with E-state index in [0.29, 0.717) is 11.4 Å². The average Bonchev–Trinajstić information content (AvgIpc) is 3.03. The van der Waals surface area contributed by atoms with Gasteiger partial charge in [-0.15, -0.1) is 5.10 Å². The Kier molecular flexibility index (Phi) is 4.43. The molecule has 0 saturated carbocycles. The van der Waals surface area contributed by atoms with Gasteiger partial charge in [0.2, 0.25) is 0 Å². The van der Waals surface area contributed by atoms with Crippen molar-refractivity contribution < 1.29 is 9.90 Å². The van der Waals surface area contributed by atoms with E-state index < -0.39 is 5.97 Å². The number of carbonyl (C=O) groups is 1. The molecular formula is C15H19N5O2. The number of nitrogens with zero attached hydrogens (tertiary/aromatic N) is 5. The first-order chi connectivity index (χ1) is 10.7. The third-order valence-electron chi connectivity index (χ3n) is 3.86. The molecule has 0 aromatic carbocycles. The van der Waals surface area contributed by atoms with E-state index in [1.807, 2.05) is 6.20 Å². The molecule has 0 bridgehead atoms. The van der Waals surface area contributed by atoms with Gasteiger partial charge in [0.1, 0.15) is 11.4 Å². The summed E-state index contributed by atoms with van der Waals surface area (Å²) >= 11 is 0. The highest BCUT2D eigenvalue weighted by molar-refractivity contribution is 5.85. The van der Waals surface area contributed by atoms with E-state index in [2.05, 4.69) is 20.2 Å². The number of aromatic carboxylic acids is 1. The zero-order valence-corrected chi connectivity index (χ0v) is 12.4. The first kappa shape index (κ1) is 14.6. The van der Waals surface area contributed by atoms with Crippen LogP contribution < -0.4 is 0 Å². The third kappa shape index (κ3) is 3.48. The number of likely N-dealkylation sites (tertiary alicyclic amines) is 1. The van der Waals surface area contributed by atoms with Crippen molar-refractivity contribution in [3.05, 3.63) is 30.1 Å². The molecule has 3 heterocycles. The van der Waals surface area contributed by atoms with E-state index in [-0.39, 0.29) is 5.69 Å². The number of carboxylic acids is 1. The van der Waals surface area contributed by atoms with Crippen molar-refractivity contribution in [2.24, 2.45) is 0 Å². The van der Waals surface area contributed by atoms with Crippen LogP contribution in [-0.2, 0) is 6.54 Å². The van der Waals surface area contributed by atoms with E-state index in [0.717, 1.165) is 26.2 Å². The van der Waals surface area contributed by atoms with Gasteiger partial charge in [-0.1, -0.05) is 17.7 Å². The molecule has 0 spiro atoms. The summed E-state index contributed by atoms with van der Waals surface area (Å²) in [5.41, 5.74) is 1.14. The minimum atomic E-state index is -1.04. The Morgan fingerprint density at radius 1 is 1.14 bits per heavy atom. The van der Waals surface area contributed by atoms with Crippen LogP contribution in [0.15, 0.2) is 24.4 Å². The number of piperidine rings is 1. The molecular weight excluding hydrogens is 282 g/mol. The molecule has 0 atom stereocenters. The van der Waals surface area contributed by atoms with Gasteiger partial charge in [-0.3, -0.25) is 4.68 Å².